The van der Waals surface area contributed by atoms with Gasteiger partial charge in [-0.3, -0.25) is 0 Å². The van der Waals surface area contributed by atoms with Gasteiger partial charge in [-0.2, -0.15) is 0 Å². The first-order chi connectivity index (χ1) is 7.86. The van der Waals surface area contributed by atoms with Crippen molar-refractivity contribution in [3.8, 4) is 0 Å². The Kier molecular flexibility index (Phi) is 4.02. The van der Waals surface area contributed by atoms with E-state index >= 15 is 0 Å². The molecule has 0 spiro atoms. The van der Waals surface area contributed by atoms with Gasteiger partial charge in [0.2, 0.25) is 0 Å². The maximum absolute atomic E-state index is 14.2. The smallest absolute Gasteiger partial charge is 0.398 e. The van der Waals surface area contributed by atoms with E-state index in [1.807, 2.05) is 27.7 Å². The van der Waals surface area contributed by atoms with Crippen molar-refractivity contribution in [3.05, 3.63) is 11.3 Å². The highest BCUT2D eigenvalue weighted by atomic mass is 19.1. The summed E-state index contributed by atoms with van der Waals surface area (Å²) in [7, 11) is -0.975. The van der Waals surface area contributed by atoms with E-state index < -0.39 is 29.6 Å². The molecule has 104 valence electrons. The van der Waals surface area contributed by atoms with Gasteiger partial charge in [-0.1, -0.05) is 0 Å². The number of aliphatic hydroxyl groups is 1. The van der Waals surface area contributed by atoms with Gasteiger partial charge in [0.25, 0.3) is 0 Å². The Bertz CT molecular complexity index is 340. The summed E-state index contributed by atoms with van der Waals surface area (Å²) in [5.74, 6) is 0. The first-order valence-corrected chi connectivity index (χ1v) is 6.29. The van der Waals surface area contributed by atoms with Gasteiger partial charge in [-0.05, 0) is 60.5 Å². The first-order valence-electron chi connectivity index (χ1n) is 6.29. The van der Waals surface area contributed by atoms with Gasteiger partial charge in [-0.15, -0.1) is 0 Å². The molecule has 18 heavy (non-hydrogen) atoms. The predicted molar refractivity (Wildman–Crippen MR) is 70.8 cm³/mol. The topological polar surface area (TPSA) is 38.7 Å². The summed E-state index contributed by atoms with van der Waals surface area (Å²) in [6, 6.07) is 0. The highest BCUT2D eigenvalue weighted by molar-refractivity contribution is 6.53. The van der Waals surface area contributed by atoms with E-state index in [9.17, 15) is 9.50 Å². The maximum atomic E-state index is 14.2. The molecule has 1 aliphatic rings. The summed E-state index contributed by atoms with van der Waals surface area (Å²) in [6.45, 7) is 12.5. The Balaban J connectivity index is 2.88. The van der Waals surface area contributed by atoms with Crippen LogP contribution in [0.3, 0.4) is 0 Å². The van der Waals surface area contributed by atoms with Crippen LogP contribution >= 0.6 is 0 Å². The van der Waals surface area contributed by atoms with Crippen LogP contribution in [0.5, 0.6) is 0 Å². The fourth-order valence-corrected chi connectivity index (χ4v) is 1.88. The molecule has 0 atom stereocenters. The molecule has 5 heteroatoms. The molecule has 1 saturated heterocycles. The minimum absolute atomic E-state index is 0.253. The highest BCUT2D eigenvalue weighted by Crippen LogP contribution is 2.39. The van der Waals surface area contributed by atoms with E-state index in [0.717, 1.165) is 0 Å². The molecule has 0 amide bonds. The van der Waals surface area contributed by atoms with Crippen molar-refractivity contribution in [2.75, 3.05) is 0 Å². The van der Waals surface area contributed by atoms with Crippen LogP contribution in [0.1, 0.15) is 54.9 Å². The van der Waals surface area contributed by atoms with Gasteiger partial charge in [0.05, 0.1) is 16.8 Å². The van der Waals surface area contributed by atoms with Crippen molar-refractivity contribution in [2.24, 2.45) is 0 Å². The molecule has 0 aromatic carbocycles. The Labute approximate surface area is 110 Å². The molecule has 1 rings (SSSR count). The Morgan fingerprint density at radius 2 is 1.56 bits per heavy atom. The summed E-state index contributed by atoms with van der Waals surface area (Å²) in [5, 5.41) is 9.70. The fraction of sp³-hybridized carbons (Fsp3) is 0.846. The Morgan fingerprint density at radius 3 is 1.89 bits per heavy atom. The third-order valence-corrected chi connectivity index (χ3v) is 3.57. The van der Waals surface area contributed by atoms with E-state index in [-0.39, 0.29) is 6.42 Å². The van der Waals surface area contributed by atoms with Crippen LogP contribution in [0.15, 0.2) is 11.3 Å². The third-order valence-electron chi connectivity index (χ3n) is 3.57. The average molecular weight is 258 g/mol. The zero-order chi connectivity index (χ0) is 14.4. The molecule has 0 bridgehead atoms. The molecule has 1 aliphatic heterocycles. The Morgan fingerprint density at radius 1 is 1.17 bits per heavy atom. The molecular weight excluding hydrogens is 234 g/mol. The van der Waals surface area contributed by atoms with Crippen molar-refractivity contribution < 1.29 is 18.8 Å². The summed E-state index contributed by atoms with van der Waals surface area (Å²) in [5.41, 5.74) is -2.02. The second kappa shape index (κ2) is 4.62. The maximum Gasteiger partial charge on any atom is 0.525 e. The van der Waals surface area contributed by atoms with Crippen LogP contribution < -0.4 is 0 Å². The lowest BCUT2D eigenvalue weighted by molar-refractivity contribution is 0.00578. The lowest BCUT2D eigenvalue weighted by Gasteiger charge is -2.32. The largest absolute Gasteiger partial charge is 0.525 e. The van der Waals surface area contributed by atoms with E-state index in [2.05, 4.69) is 0 Å². The van der Waals surface area contributed by atoms with Crippen LogP contribution in [0.4, 0.5) is 4.39 Å². The molecule has 0 radical (unpaired) electrons. The molecule has 0 saturated carbocycles. The first kappa shape index (κ1) is 15.7. The zero-order valence-electron chi connectivity index (χ0n) is 12.4. The van der Waals surface area contributed by atoms with Crippen molar-refractivity contribution in [2.45, 2.75) is 71.7 Å². The average Bonchev–Trinajstić information content (AvgIpc) is 2.31. The predicted octanol–water partition coefficient (Wildman–Crippen LogP) is 3.02. The molecule has 0 aliphatic carbocycles. The summed E-state index contributed by atoms with van der Waals surface area (Å²) in [6.07, 6.45) is 0.253. The van der Waals surface area contributed by atoms with Gasteiger partial charge < -0.3 is 14.4 Å². The highest BCUT2D eigenvalue weighted by Gasteiger charge is 2.53. The normalized spacial score (nSPS) is 24.2. The second-order valence-electron chi connectivity index (χ2n) is 6.71. The van der Waals surface area contributed by atoms with Gasteiger partial charge in [0, 0.05) is 0 Å². The molecule has 1 fully saturated rings. The summed E-state index contributed by atoms with van der Waals surface area (Å²) < 4.78 is 25.5. The van der Waals surface area contributed by atoms with Crippen LogP contribution in [0, 0.1) is 0 Å². The fourth-order valence-electron chi connectivity index (χ4n) is 1.88. The van der Waals surface area contributed by atoms with Gasteiger partial charge in [0.1, 0.15) is 5.73 Å². The molecular formula is C13H24BFO3. The molecule has 0 unspecified atom stereocenters. The minimum atomic E-state index is -0.975. The van der Waals surface area contributed by atoms with Gasteiger partial charge in [-0.25, -0.2) is 4.39 Å². The minimum Gasteiger partial charge on any atom is -0.398 e. The van der Waals surface area contributed by atoms with E-state index in [4.69, 9.17) is 9.31 Å². The second-order valence-corrected chi connectivity index (χ2v) is 6.71. The molecule has 1 N–H and O–H groups in total. The number of hydrogen-bond donors (Lipinski definition) is 1. The standard InChI is InChI=1S/C13H24BFO3/c1-9(8-11(2,3)16)10(15)14-17-12(4,5)13(6,7)18-14/h16H,8H2,1-7H3. The monoisotopic (exact) mass is 258 g/mol. The van der Waals surface area contributed by atoms with Crippen molar-refractivity contribution in [1.82, 2.24) is 0 Å². The number of halogens is 1. The summed E-state index contributed by atoms with van der Waals surface area (Å²) >= 11 is 0. The van der Waals surface area contributed by atoms with Crippen molar-refractivity contribution >= 4 is 7.12 Å². The van der Waals surface area contributed by atoms with Crippen molar-refractivity contribution in [1.29, 1.82) is 0 Å². The third kappa shape index (κ3) is 3.34. The van der Waals surface area contributed by atoms with Crippen molar-refractivity contribution in [3.63, 3.8) is 0 Å². The van der Waals surface area contributed by atoms with Crippen LogP contribution in [0.25, 0.3) is 0 Å². The number of rotatable bonds is 3. The quantitative estimate of drug-likeness (QED) is 0.791. The molecule has 0 aromatic rings. The lowest BCUT2D eigenvalue weighted by Crippen LogP contribution is -2.41. The van der Waals surface area contributed by atoms with E-state index in [0.29, 0.717) is 5.57 Å². The summed E-state index contributed by atoms with van der Waals surface area (Å²) in [4.78, 5) is 0. The SMILES string of the molecule is CC(CC(C)(C)O)=C(F)B1OC(C)(C)C(C)(C)O1. The van der Waals surface area contributed by atoms with Crippen LogP contribution in [-0.2, 0) is 9.31 Å². The Hall–Kier alpha value is -0.385. The molecule has 1 heterocycles. The van der Waals surface area contributed by atoms with Crippen LogP contribution in [-0.4, -0.2) is 29.0 Å². The van der Waals surface area contributed by atoms with Gasteiger partial charge in [0.15, 0.2) is 0 Å². The molecule has 3 nitrogen and oxygen atoms in total. The van der Waals surface area contributed by atoms with E-state index in [1.54, 1.807) is 20.8 Å². The van der Waals surface area contributed by atoms with Crippen LogP contribution in [0.2, 0.25) is 0 Å². The molecule has 0 aromatic heterocycles. The number of hydrogen-bond acceptors (Lipinski definition) is 3. The zero-order valence-corrected chi connectivity index (χ0v) is 12.4. The van der Waals surface area contributed by atoms with Gasteiger partial charge >= 0.3 is 7.12 Å². The van der Waals surface area contributed by atoms with E-state index in [1.165, 1.54) is 0 Å². The lowest BCUT2D eigenvalue weighted by atomic mass is 9.82.